The highest BCUT2D eigenvalue weighted by Gasteiger charge is 1.97. The lowest BCUT2D eigenvalue weighted by Crippen LogP contribution is -2.19. The van der Waals surface area contributed by atoms with E-state index in [4.69, 9.17) is 5.73 Å². The van der Waals surface area contributed by atoms with Crippen LogP contribution in [0.2, 0.25) is 0 Å². The van der Waals surface area contributed by atoms with Crippen LogP contribution in [0.1, 0.15) is 26.2 Å². The van der Waals surface area contributed by atoms with Gasteiger partial charge in [0.1, 0.15) is 0 Å². The van der Waals surface area contributed by atoms with Gasteiger partial charge in [-0.15, -0.1) is 0 Å². The van der Waals surface area contributed by atoms with Gasteiger partial charge in [0.25, 0.3) is 0 Å². The van der Waals surface area contributed by atoms with Crippen LogP contribution in [-0.4, -0.2) is 12.7 Å². The van der Waals surface area contributed by atoms with Gasteiger partial charge in [-0.25, -0.2) is 0 Å². The number of rotatable bonds is 4. The van der Waals surface area contributed by atoms with Crippen LogP contribution in [-0.2, 0) is 0 Å². The number of hydrogen-bond acceptors (Lipinski definition) is 1. The molecule has 0 aromatic rings. The number of halogens is 1. The van der Waals surface area contributed by atoms with Crippen molar-refractivity contribution in [3.63, 3.8) is 0 Å². The SMILES string of the molecule is CCC[C@@H](N)CCF. The molecule has 0 heterocycles. The minimum absolute atomic E-state index is 0.0880. The monoisotopic (exact) mass is 119 g/mol. The van der Waals surface area contributed by atoms with Crippen molar-refractivity contribution in [1.82, 2.24) is 0 Å². The Morgan fingerprint density at radius 3 is 2.50 bits per heavy atom. The maximum Gasteiger partial charge on any atom is 0.0909 e. The number of alkyl halides is 1. The van der Waals surface area contributed by atoms with E-state index in [1.165, 1.54) is 0 Å². The van der Waals surface area contributed by atoms with Gasteiger partial charge >= 0.3 is 0 Å². The summed E-state index contributed by atoms with van der Waals surface area (Å²) >= 11 is 0. The Morgan fingerprint density at radius 1 is 1.50 bits per heavy atom. The molecule has 8 heavy (non-hydrogen) atoms. The molecule has 1 nitrogen and oxygen atoms in total. The summed E-state index contributed by atoms with van der Waals surface area (Å²) in [5, 5.41) is 0. The van der Waals surface area contributed by atoms with Crippen molar-refractivity contribution in [3.8, 4) is 0 Å². The molecule has 0 saturated carbocycles. The minimum atomic E-state index is -0.277. The van der Waals surface area contributed by atoms with Crippen molar-refractivity contribution < 1.29 is 4.39 Å². The van der Waals surface area contributed by atoms with E-state index in [2.05, 4.69) is 6.92 Å². The Balaban J connectivity index is 2.92. The lowest BCUT2D eigenvalue weighted by atomic mass is 10.1. The maximum absolute atomic E-state index is 11.5. The van der Waals surface area contributed by atoms with Gasteiger partial charge in [-0.2, -0.15) is 0 Å². The summed E-state index contributed by atoms with van der Waals surface area (Å²) in [6.07, 6.45) is 2.53. The van der Waals surface area contributed by atoms with Crippen LogP contribution < -0.4 is 5.73 Å². The fraction of sp³-hybridized carbons (Fsp3) is 1.00. The molecular formula is C6H14FN. The molecule has 0 spiro atoms. The molecule has 0 rings (SSSR count). The molecule has 1 atom stereocenters. The van der Waals surface area contributed by atoms with Crippen molar-refractivity contribution in [1.29, 1.82) is 0 Å². The smallest absolute Gasteiger partial charge is 0.0909 e. The third kappa shape index (κ3) is 4.06. The highest BCUT2D eigenvalue weighted by Crippen LogP contribution is 1.97. The van der Waals surface area contributed by atoms with Crippen molar-refractivity contribution in [3.05, 3.63) is 0 Å². The van der Waals surface area contributed by atoms with Gasteiger partial charge in [0, 0.05) is 6.04 Å². The molecule has 50 valence electrons. The second-order valence-electron chi connectivity index (χ2n) is 2.03. The average molecular weight is 119 g/mol. The van der Waals surface area contributed by atoms with E-state index in [1.54, 1.807) is 0 Å². The largest absolute Gasteiger partial charge is 0.328 e. The molecule has 0 amide bonds. The van der Waals surface area contributed by atoms with E-state index in [0.29, 0.717) is 6.42 Å². The number of hydrogen-bond donors (Lipinski definition) is 1. The Bertz CT molecular complexity index is 41.8. The first kappa shape index (κ1) is 7.89. The van der Waals surface area contributed by atoms with Crippen LogP contribution in [0.5, 0.6) is 0 Å². The van der Waals surface area contributed by atoms with E-state index in [-0.39, 0.29) is 12.7 Å². The molecule has 0 aliphatic heterocycles. The van der Waals surface area contributed by atoms with Crippen LogP contribution in [0, 0.1) is 0 Å². The molecule has 0 aromatic heterocycles. The molecule has 0 bridgehead atoms. The third-order valence-electron chi connectivity index (χ3n) is 1.14. The summed E-state index contributed by atoms with van der Waals surface area (Å²) in [5.41, 5.74) is 5.45. The molecular weight excluding hydrogens is 105 g/mol. The Kier molecular flexibility index (Phi) is 4.97. The van der Waals surface area contributed by atoms with Crippen molar-refractivity contribution >= 4 is 0 Å². The zero-order chi connectivity index (χ0) is 6.41. The second-order valence-corrected chi connectivity index (χ2v) is 2.03. The molecule has 0 unspecified atom stereocenters. The van der Waals surface area contributed by atoms with Crippen molar-refractivity contribution in [2.75, 3.05) is 6.67 Å². The molecule has 2 N–H and O–H groups in total. The van der Waals surface area contributed by atoms with Crippen LogP contribution in [0.4, 0.5) is 4.39 Å². The van der Waals surface area contributed by atoms with E-state index in [9.17, 15) is 4.39 Å². The summed E-state index contributed by atoms with van der Waals surface area (Å²) in [5.74, 6) is 0. The summed E-state index contributed by atoms with van der Waals surface area (Å²) in [6, 6.07) is 0.0880. The van der Waals surface area contributed by atoms with Gasteiger partial charge in [-0.3, -0.25) is 4.39 Å². The van der Waals surface area contributed by atoms with Gasteiger partial charge in [-0.05, 0) is 12.8 Å². The van der Waals surface area contributed by atoms with Crippen molar-refractivity contribution in [2.45, 2.75) is 32.2 Å². The third-order valence-corrected chi connectivity index (χ3v) is 1.14. The van der Waals surface area contributed by atoms with Crippen LogP contribution in [0.15, 0.2) is 0 Å². The van der Waals surface area contributed by atoms with Gasteiger partial charge < -0.3 is 5.73 Å². The summed E-state index contributed by atoms with van der Waals surface area (Å²) in [6.45, 7) is 1.78. The second kappa shape index (κ2) is 5.04. The molecule has 0 radical (unpaired) electrons. The maximum atomic E-state index is 11.5. The van der Waals surface area contributed by atoms with E-state index in [0.717, 1.165) is 12.8 Å². The van der Waals surface area contributed by atoms with Gasteiger partial charge in [0.05, 0.1) is 6.67 Å². The Labute approximate surface area is 50.1 Å². The predicted molar refractivity (Wildman–Crippen MR) is 33.5 cm³/mol. The first-order chi connectivity index (χ1) is 3.81. The quantitative estimate of drug-likeness (QED) is 0.596. The topological polar surface area (TPSA) is 26.0 Å². The predicted octanol–water partition coefficient (Wildman–Crippen LogP) is 1.47. The Morgan fingerprint density at radius 2 is 2.12 bits per heavy atom. The van der Waals surface area contributed by atoms with E-state index < -0.39 is 0 Å². The van der Waals surface area contributed by atoms with Crippen LogP contribution in [0.25, 0.3) is 0 Å². The normalized spacial score (nSPS) is 13.9. The van der Waals surface area contributed by atoms with E-state index >= 15 is 0 Å². The standard InChI is InChI=1S/C6H14FN/c1-2-3-6(8)4-5-7/h6H,2-5,8H2,1H3/t6-/m1/s1. The lowest BCUT2D eigenvalue weighted by Gasteiger charge is -2.04. The van der Waals surface area contributed by atoms with Gasteiger partial charge in [0.2, 0.25) is 0 Å². The minimum Gasteiger partial charge on any atom is -0.328 e. The first-order valence-corrected chi connectivity index (χ1v) is 3.12. The average Bonchev–Trinajstić information content (AvgIpc) is 1.68. The zero-order valence-corrected chi connectivity index (χ0v) is 5.36. The zero-order valence-electron chi connectivity index (χ0n) is 5.36. The Hall–Kier alpha value is -0.110. The molecule has 0 aromatic carbocycles. The molecule has 0 aliphatic carbocycles. The summed E-state index contributed by atoms with van der Waals surface area (Å²) < 4.78 is 11.5. The fourth-order valence-electron chi connectivity index (χ4n) is 0.655. The van der Waals surface area contributed by atoms with Crippen LogP contribution in [0.3, 0.4) is 0 Å². The van der Waals surface area contributed by atoms with Gasteiger partial charge in [-0.1, -0.05) is 13.3 Å². The fourth-order valence-corrected chi connectivity index (χ4v) is 0.655. The van der Waals surface area contributed by atoms with Gasteiger partial charge in [0.15, 0.2) is 0 Å². The van der Waals surface area contributed by atoms with Crippen molar-refractivity contribution in [2.24, 2.45) is 5.73 Å². The lowest BCUT2D eigenvalue weighted by molar-refractivity contribution is 0.424. The first-order valence-electron chi connectivity index (χ1n) is 3.12. The van der Waals surface area contributed by atoms with E-state index in [1.807, 2.05) is 0 Å². The summed E-state index contributed by atoms with van der Waals surface area (Å²) in [4.78, 5) is 0. The highest BCUT2D eigenvalue weighted by atomic mass is 19.1. The number of nitrogens with two attached hydrogens (primary N) is 1. The summed E-state index contributed by atoms with van der Waals surface area (Å²) in [7, 11) is 0. The molecule has 0 saturated heterocycles. The molecule has 2 heteroatoms. The molecule has 0 aliphatic rings. The molecule has 0 fully saturated rings. The highest BCUT2D eigenvalue weighted by molar-refractivity contribution is 4.57. The van der Waals surface area contributed by atoms with Crippen LogP contribution >= 0.6 is 0 Å².